The predicted molar refractivity (Wildman–Crippen MR) is 118 cm³/mol. The fourth-order valence-corrected chi connectivity index (χ4v) is 4.29. The molecule has 0 amide bonds. The van der Waals surface area contributed by atoms with Gasteiger partial charge in [0.25, 0.3) is 0 Å². The Hall–Kier alpha value is -3.74. The Balaban J connectivity index is 1.62. The first kappa shape index (κ1) is 20.2. The van der Waals surface area contributed by atoms with Crippen LogP contribution >= 0.6 is 0 Å². The molecule has 0 saturated carbocycles. The van der Waals surface area contributed by atoms with Crippen LogP contribution in [-0.2, 0) is 0 Å². The van der Waals surface area contributed by atoms with E-state index in [1.54, 1.807) is 33.5 Å². The standard InChI is InChI=1S/C25H23FN2O4/c1-29-21-12-9-16(13-23(21)31-3)25-28-20(18-5-4-6-22(30-2)24(18)32-25)14-19(27-28)15-7-10-17(26)11-8-15/h4-13,20,25H,14H2,1-3H3/t20-,25+/m0/s1. The van der Waals surface area contributed by atoms with E-state index >= 15 is 0 Å². The molecule has 7 heteroatoms. The molecule has 6 nitrogen and oxygen atoms in total. The minimum absolute atomic E-state index is 0.0491. The lowest BCUT2D eigenvalue weighted by atomic mass is 9.95. The molecule has 0 aliphatic carbocycles. The van der Waals surface area contributed by atoms with Crippen LogP contribution in [0.5, 0.6) is 23.0 Å². The smallest absolute Gasteiger partial charge is 0.214 e. The number of hydrazone groups is 1. The lowest BCUT2D eigenvalue weighted by Gasteiger charge is -2.38. The van der Waals surface area contributed by atoms with Gasteiger partial charge in [-0.15, -0.1) is 0 Å². The van der Waals surface area contributed by atoms with Crippen LogP contribution in [0.15, 0.2) is 65.8 Å². The molecule has 0 saturated heterocycles. The van der Waals surface area contributed by atoms with Gasteiger partial charge in [-0.2, -0.15) is 5.10 Å². The summed E-state index contributed by atoms with van der Waals surface area (Å²) in [5, 5.41) is 6.87. The van der Waals surface area contributed by atoms with Crippen molar-refractivity contribution in [2.45, 2.75) is 18.7 Å². The molecule has 0 bridgehead atoms. The van der Waals surface area contributed by atoms with Crippen molar-refractivity contribution in [3.8, 4) is 23.0 Å². The van der Waals surface area contributed by atoms with Gasteiger partial charge < -0.3 is 18.9 Å². The number of benzene rings is 3. The van der Waals surface area contributed by atoms with Crippen LogP contribution in [0, 0.1) is 5.82 Å². The Kier molecular flexibility index (Phi) is 5.09. The molecule has 5 rings (SSSR count). The van der Waals surface area contributed by atoms with Crippen molar-refractivity contribution >= 4 is 5.71 Å². The molecule has 0 N–H and O–H groups in total. The first-order valence-corrected chi connectivity index (χ1v) is 10.3. The average Bonchev–Trinajstić information content (AvgIpc) is 3.29. The minimum atomic E-state index is -0.499. The van der Waals surface area contributed by atoms with Crippen molar-refractivity contribution in [3.05, 3.63) is 83.2 Å². The molecule has 2 atom stereocenters. The van der Waals surface area contributed by atoms with E-state index in [9.17, 15) is 4.39 Å². The maximum Gasteiger partial charge on any atom is 0.214 e. The molecular weight excluding hydrogens is 411 g/mol. The fraction of sp³-hybridized carbons (Fsp3) is 0.240. The van der Waals surface area contributed by atoms with Crippen LogP contribution in [0.3, 0.4) is 0 Å². The number of nitrogens with zero attached hydrogens (tertiary/aromatic N) is 2. The molecule has 0 fully saturated rings. The number of fused-ring (bicyclic) bond motifs is 3. The van der Waals surface area contributed by atoms with E-state index in [0.717, 1.165) is 22.4 Å². The van der Waals surface area contributed by atoms with E-state index in [-0.39, 0.29) is 11.9 Å². The van der Waals surface area contributed by atoms with Gasteiger partial charge >= 0.3 is 0 Å². The molecule has 0 aromatic heterocycles. The topological polar surface area (TPSA) is 52.5 Å². The third-order valence-corrected chi connectivity index (χ3v) is 5.87. The minimum Gasteiger partial charge on any atom is -0.493 e. The monoisotopic (exact) mass is 434 g/mol. The van der Waals surface area contributed by atoms with Crippen LogP contribution in [0.25, 0.3) is 0 Å². The third-order valence-electron chi connectivity index (χ3n) is 5.87. The highest BCUT2D eigenvalue weighted by Crippen LogP contribution is 2.51. The molecular formula is C25H23FN2O4. The second kappa shape index (κ2) is 8.07. The summed E-state index contributed by atoms with van der Waals surface area (Å²) in [5.74, 6) is 2.34. The fourth-order valence-electron chi connectivity index (χ4n) is 4.29. The van der Waals surface area contributed by atoms with Gasteiger partial charge in [0, 0.05) is 17.5 Å². The van der Waals surface area contributed by atoms with Gasteiger partial charge in [-0.3, -0.25) is 0 Å². The lowest BCUT2D eigenvalue weighted by molar-refractivity contribution is -0.0210. The number of halogens is 1. The highest BCUT2D eigenvalue weighted by atomic mass is 19.1. The van der Waals surface area contributed by atoms with E-state index < -0.39 is 6.23 Å². The first-order chi connectivity index (χ1) is 15.6. The second-order valence-corrected chi connectivity index (χ2v) is 7.62. The largest absolute Gasteiger partial charge is 0.493 e. The Bertz CT molecular complexity index is 1180. The molecule has 2 heterocycles. The SMILES string of the molecule is COc1ccc([C@H]2Oc3c(OC)cccc3[C@@H]3CC(c4ccc(F)cc4)=NN23)cc1OC. The Labute approximate surface area is 185 Å². The Morgan fingerprint density at radius 1 is 0.906 bits per heavy atom. The van der Waals surface area contributed by atoms with Crippen LogP contribution < -0.4 is 18.9 Å². The van der Waals surface area contributed by atoms with E-state index in [4.69, 9.17) is 24.0 Å². The van der Waals surface area contributed by atoms with Crippen molar-refractivity contribution in [1.29, 1.82) is 0 Å². The quantitative estimate of drug-likeness (QED) is 0.560. The zero-order chi connectivity index (χ0) is 22.2. The number of para-hydroxylation sites is 1. The molecule has 3 aromatic rings. The van der Waals surface area contributed by atoms with Gasteiger partial charge in [-0.05, 0) is 42.0 Å². The van der Waals surface area contributed by atoms with Crippen LogP contribution in [-0.4, -0.2) is 32.0 Å². The van der Waals surface area contributed by atoms with Crippen LogP contribution in [0.4, 0.5) is 4.39 Å². The van der Waals surface area contributed by atoms with Gasteiger partial charge in [0.05, 0.1) is 33.1 Å². The zero-order valence-electron chi connectivity index (χ0n) is 18.0. The molecule has 0 unspecified atom stereocenters. The lowest BCUT2D eigenvalue weighted by Crippen LogP contribution is -2.33. The van der Waals surface area contributed by atoms with E-state index in [0.29, 0.717) is 29.4 Å². The highest BCUT2D eigenvalue weighted by molar-refractivity contribution is 6.02. The summed E-state index contributed by atoms with van der Waals surface area (Å²) < 4.78 is 36.4. The maximum absolute atomic E-state index is 13.5. The molecule has 0 spiro atoms. The molecule has 0 radical (unpaired) electrons. The van der Waals surface area contributed by atoms with Gasteiger partial charge in [0.1, 0.15) is 5.82 Å². The summed E-state index contributed by atoms with van der Waals surface area (Å²) in [4.78, 5) is 0. The number of hydrogen-bond acceptors (Lipinski definition) is 6. The van der Waals surface area contributed by atoms with Crippen molar-refractivity contribution in [1.82, 2.24) is 5.01 Å². The normalized spacial score (nSPS) is 18.9. The first-order valence-electron chi connectivity index (χ1n) is 10.3. The third kappa shape index (κ3) is 3.30. The molecule has 3 aromatic carbocycles. The summed E-state index contributed by atoms with van der Waals surface area (Å²) in [7, 11) is 4.84. The summed E-state index contributed by atoms with van der Waals surface area (Å²) in [6.07, 6.45) is 0.167. The number of methoxy groups -OCH3 is 3. The van der Waals surface area contributed by atoms with Crippen molar-refractivity contribution < 1.29 is 23.3 Å². The predicted octanol–water partition coefficient (Wildman–Crippen LogP) is 5.09. The summed E-state index contributed by atoms with van der Waals surface area (Å²) in [6, 6.07) is 17.9. The van der Waals surface area contributed by atoms with Gasteiger partial charge in [0.15, 0.2) is 23.0 Å². The van der Waals surface area contributed by atoms with E-state index in [1.807, 2.05) is 41.4 Å². The Morgan fingerprint density at radius 3 is 2.38 bits per heavy atom. The summed E-state index contributed by atoms with van der Waals surface area (Å²) in [5.41, 5.74) is 3.63. The zero-order valence-corrected chi connectivity index (χ0v) is 18.0. The van der Waals surface area contributed by atoms with Crippen molar-refractivity contribution in [2.24, 2.45) is 5.10 Å². The van der Waals surface area contributed by atoms with E-state index in [1.165, 1.54) is 12.1 Å². The second-order valence-electron chi connectivity index (χ2n) is 7.62. The molecule has 164 valence electrons. The molecule has 32 heavy (non-hydrogen) atoms. The van der Waals surface area contributed by atoms with Gasteiger partial charge in [0.2, 0.25) is 6.23 Å². The number of rotatable bonds is 5. The number of hydrogen-bond donors (Lipinski definition) is 0. The Morgan fingerprint density at radius 2 is 1.66 bits per heavy atom. The molecule has 2 aliphatic heterocycles. The van der Waals surface area contributed by atoms with Crippen molar-refractivity contribution in [3.63, 3.8) is 0 Å². The van der Waals surface area contributed by atoms with Gasteiger partial charge in [-0.25, -0.2) is 9.40 Å². The van der Waals surface area contributed by atoms with Gasteiger partial charge in [-0.1, -0.05) is 24.3 Å². The van der Waals surface area contributed by atoms with Crippen molar-refractivity contribution in [2.75, 3.05) is 21.3 Å². The average molecular weight is 434 g/mol. The maximum atomic E-state index is 13.5. The molecule has 2 aliphatic rings. The highest BCUT2D eigenvalue weighted by Gasteiger charge is 2.42. The number of ether oxygens (including phenoxy) is 4. The van der Waals surface area contributed by atoms with E-state index in [2.05, 4.69) is 0 Å². The summed E-state index contributed by atoms with van der Waals surface area (Å²) >= 11 is 0. The van der Waals surface area contributed by atoms with Crippen LogP contribution in [0.2, 0.25) is 0 Å². The van der Waals surface area contributed by atoms with Crippen LogP contribution in [0.1, 0.15) is 35.4 Å². The summed E-state index contributed by atoms with van der Waals surface area (Å²) in [6.45, 7) is 0.